The average molecular weight is 233 g/mol. The Balaban J connectivity index is 1.91. The first-order valence-electron chi connectivity index (χ1n) is 6.57. The van der Waals surface area contributed by atoms with Gasteiger partial charge in [0.15, 0.2) is 0 Å². The Morgan fingerprint density at radius 3 is 2.47 bits per heavy atom. The summed E-state index contributed by atoms with van der Waals surface area (Å²) in [5, 5.41) is 3.36. The van der Waals surface area contributed by atoms with Crippen molar-refractivity contribution in [3.8, 4) is 0 Å². The maximum atomic E-state index is 6.26. The fourth-order valence-electron chi connectivity index (χ4n) is 2.28. The van der Waals surface area contributed by atoms with E-state index in [1.54, 1.807) is 0 Å². The molecule has 3 nitrogen and oxygen atoms in total. The molecule has 1 aromatic rings. The molecule has 0 aliphatic carbocycles. The molecular weight excluding hydrogens is 210 g/mol. The molecular formula is C14H23N3. The second kappa shape index (κ2) is 6.15. The molecule has 1 saturated heterocycles. The first kappa shape index (κ1) is 12.6. The van der Waals surface area contributed by atoms with E-state index in [2.05, 4.69) is 41.4 Å². The molecule has 3 heteroatoms. The van der Waals surface area contributed by atoms with E-state index in [1.807, 2.05) is 0 Å². The third-order valence-electron chi connectivity index (χ3n) is 3.48. The topological polar surface area (TPSA) is 41.3 Å². The summed E-state index contributed by atoms with van der Waals surface area (Å²) in [6.07, 6.45) is 1.09. The van der Waals surface area contributed by atoms with Gasteiger partial charge in [-0.15, -0.1) is 0 Å². The van der Waals surface area contributed by atoms with E-state index in [4.69, 9.17) is 5.73 Å². The molecule has 0 saturated carbocycles. The molecule has 1 unspecified atom stereocenters. The van der Waals surface area contributed by atoms with Gasteiger partial charge in [0.1, 0.15) is 0 Å². The Kier molecular flexibility index (Phi) is 4.54. The van der Waals surface area contributed by atoms with E-state index >= 15 is 0 Å². The lowest BCUT2D eigenvalue weighted by molar-refractivity contribution is 0.228. The SMILES string of the molecule is CCc1ccc(C(N)CN2CCNCC2)cc1. The van der Waals surface area contributed by atoms with Crippen molar-refractivity contribution in [2.24, 2.45) is 5.73 Å². The maximum absolute atomic E-state index is 6.26. The zero-order valence-electron chi connectivity index (χ0n) is 10.7. The van der Waals surface area contributed by atoms with Gasteiger partial charge in [0.05, 0.1) is 0 Å². The fraction of sp³-hybridized carbons (Fsp3) is 0.571. The van der Waals surface area contributed by atoms with Crippen LogP contribution >= 0.6 is 0 Å². The molecule has 0 amide bonds. The van der Waals surface area contributed by atoms with Crippen LogP contribution in [0, 0.1) is 0 Å². The second-order valence-corrected chi connectivity index (χ2v) is 4.75. The van der Waals surface area contributed by atoms with Gasteiger partial charge in [0.25, 0.3) is 0 Å². The van der Waals surface area contributed by atoms with Gasteiger partial charge in [0, 0.05) is 38.8 Å². The number of nitrogens with one attached hydrogen (secondary N) is 1. The lowest BCUT2D eigenvalue weighted by Gasteiger charge is -2.29. The quantitative estimate of drug-likeness (QED) is 0.820. The molecule has 0 radical (unpaired) electrons. The Morgan fingerprint density at radius 1 is 1.24 bits per heavy atom. The van der Waals surface area contributed by atoms with Crippen LogP contribution in [0.2, 0.25) is 0 Å². The number of rotatable bonds is 4. The molecule has 1 aliphatic heterocycles. The normalized spacial score (nSPS) is 19.2. The van der Waals surface area contributed by atoms with E-state index in [0.29, 0.717) is 0 Å². The zero-order chi connectivity index (χ0) is 12.1. The van der Waals surface area contributed by atoms with E-state index in [1.165, 1.54) is 11.1 Å². The Bertz CT molecular complexity index is 328. The molecule has 1 atom stereocenters. The predicted molar refractivity (Wildman–Crippen MR) is 72.1 cm³/mol. The first-order valence-corrected chi connectivity index (χ1v) is 6.57. The van der Waals surface area contributed by atoms with Gasteiger partial charge in [-0.1, -0.05) is 31.2 Å². The summed E-state index contributed by atoms with van der Waals surface area (Å²) in [6, 6.07) is 8.86. The highest BCUT2D eigenvalue weighted by Gasteiger charge is 2.14. The Labute approximate surface area is 104 Å². The molecule has 3 N–H and O–H groups in total. The van der Waals surface area contributed by atoms with Crippen LogP contribution in [-0.4, -0.2) is 37.6 Å². The molecule has 0 aromatic heterocycles. The van der Waals surface area contributed by atoms with Crippen molar-refractivity contribution in [2.75, 3.05) is 32.7 Å². The minimum Gasteiger partial charge on any atom is -0.323 e. The third kappa shape index (κ3) is 3.53. The molecule has 1 fully saturated rings. The number of piperazine rings is 1. The smallest absolute Gasteiger partial charge is 0.0424 e. The summed E-state index contributed by atoms with van der Waals surface area (Å²) < 4.78 is 0. The summed E-state index contributed by atoms with van der Waals surface area (Å²) in [5.41, 5.74) is 8.88. The first-order chi connectivity index (χ1) is 8.29. The van der Waals surface area contributed by atoms with Crippen molar-refractivity contribution in [1.29, 1.82) is 0 Å². The van der Waals surface area contributed by atoms with Gasteiger partial charge in [0.2, 0.25) is 0 Å². The highest BCUT2D eigenvalue weighted by molar-refractivity contribution is 5.25. The number of nitrogens with zero attached hydrogens (tertiary/aromatic N) is 1. The molecule has 1 heterocycles. The van der Waals surface area contributed by atoms with E-state index in [9.17, 15) is 0 Å². The van der Waals surface area contributed by atoms with Gasteiger partial charge >= 0.3 is 0 Å². The summed E-state index contributed by atoms with van der Waals surface area (Å²) in [7, 11) is 0. The highest BCUT2D eigenvalue weighted by atomic mass is 15.2. The molecule has 2 rings (SSSR count). The van der Waals surface area contributed by atoms with E-state index in [-0.39, 0.29) is 6.04 Å². The minimum absolute atomic E-state index is 0.138. The minimum atomic E-state index is 0.138. The Hall–Kier alpha value is -0.900. The highest BCUT2D eigenvalue weighted by Crippen LogP contribution is 2.13. The van der Waals surface area contributed by atoms with E-state index in [0.717, 1.165) is 39.1 Å². The second-order valence-electron chi connectivity index (χ2n) is 4.75. The van der Waals surface area contributed by atoms with Crippen LogP contribution in [0.25, 0.3) is 0 Å². The van der Waals surface area contributed by atoms with Crippen LogP contribution < -0.4 is 11.1 Å². The van der Waals surface area contributed by atoms with Crippen LogP contribution in [0.1, 0.15) is 24.1 Å². The van der Waals surface area contributed by atoms with E-state index < -0.39 is 0 Å². The van der Waals surface area contributed by atoms with Gasteiger partial charge in [-0.05, 0) is 17.5 Å². The lowest BCUT2D eigenvalue weighted by atomic mass is 10.0. The van der Waals surface area contributed by atoms with Crippen molar-refractivity contribution in [2.45, 2.75) is 19.4 Å². The number of aryl methyl sites for hydroxylation is 1. The van der Waals surface area contributed by atoms with Crippen LogP contribution in [0.15, 0.2) is 24.3 Å². The standard InChI is InChI=1S/C14H23N3/c1-2-12-3-5-13(6-4-12)14(15)11-17-9-7-16-8-10-17/h3-6,14,16H,2,7-11,15H2,1H3. The van der Waals surface area contributed by atoms with Gasteiger partial charge in [-0.2, -0.15) is 0 Å². The van der Waals surface area contributed by atoms with Crippen LogP contribution in [-0.2, 0) is 6.42 Å². The molecule has 94 valence electrons. The third-order valence-corrected chi connectivity index (χ3v) is 3.48. The van der Waals surface area contributed by atoms with Gasteiger partial charge in [-0.25, -0.2) is 0 Å². The largest absolute Gasteiger partial charge is 0.323 e. The maximum Gasteiger partial charge on any atom is 0.0424 e. The van der Waals surface area contributed by atoms with Crippen molar-refractivity contribution in [3.05, 3.63) is 35.4 Å². The van der Waals surface area contributed by atoms with Crippen LogP contribution in [0.5, 0.6) is 0 Å². The molecule has 0 spiro atoms. The number of hydrogen-bond acceptors (Lipinski definition) is 3. The van der Waals surface area contributed by atoms with Crippen molar-refractivity contribution in [3.63, 3.8) is 0 Å². The summed E-state index contributed by atoms with van der Waals surface area (Å²) in [5.74, 6) is 0. The van der Waals surface area contributed by atoms with Crippen LogP contribution in [0.4, 0.5) is 0 Å². The number of benzene rings is 1. The van der Waals surface area contributed by atoms with Crippen LogP contribution in [0.3, 0.4) is 0 Å². The number of nitrogens with two attached hydrogens (primary N) is 1. The van der Waals surface area contributed by atoms with Crippen molar-refractivity contribution >= 4 is 0 Å². The van der Waals surface area contributed by atoms with Gasteiger partial charge in [-0.3, -0.25) is 4.90 Å². The predicted octanol–water partition coefficient (Wildman–Crippen LogP) is 1.15. The monoisotopic (exact) mass is 233 g/mol. The Morgan fingerprint density at radius 2 is 1.88 bits per heavy atom. The average Bonchev–Trinajstić information content (AvgIpc) is 2.40. The molecule has 1 aromatic carbocycles. The summed E-state index contributed by atoms with van der Waals surface area (Å²) in [6.45, 7) is 7.54. The zero-order valence-corrected chi connectivity index (χ0v) is 10.7. The summed E-state index contributed by atoms with van der Waals surface area (Å²) in [4.78, 5) is 2.44. The summed E-state index contributed by atoms with van der Waals surface area (Å²) >= 11 is 0. The van der Waals surface area contributed by atoms with Gasteiger partial charge < -0.3 is 11.1 Å². The number of hydrogen-bond donors (Lipinski definition) is 2. The molecule has 0 bridgehead atoms. The lowest BCUT2D eigenvalue weighted by Crippen LogP contribution is -2.45. The molecule has 17 heavy (non-hydrogen) atoms. The van der Waals surface area contributed by atoms with Crippen molar-refractivity contribution in [1.82, 2.24) is 10.2 Å². The van der Waals surface area contributed by atoms with Crippen molar-refractivity contribution < 1.29 is 0 Å². The fourth-order valence-corrected chi connectivity index (χ4v) is 2.28. The molecule has 1 aliphatic rings.